The van der Waals surface area contributed by atoms with E-state index in [-0.39, 0.29) is 12.6 Å². The highest BCUT2D eigenvalue weighted by atomic mass is 16.4. The van der Waals surface area contributed by atoms with Crippen LogP contribution in [0.2, 0.25) is 0 Å². The zero-order valence-corrected chi connectivity index (χ0v) is 12.4. The molecule has 0 aliphatic carbocycles. The molecule has 0 saturated carbocycles. The molecule has 1 aliphatic rings. The van der Waals surface area contributed by atoms with Crippen molar-refractivity contribution < 1.29 is 14.7 Å². The Hall–Kier alpha value is -2.50. The Balaban J connectivity index is 1.96. The first-order chi connectivity index (χ1) is 10.6. The van der Waals surface area contributed by atoms with E-state index in [0.717, 1.165) is 28.6 Å². The van der Waals surface area contributed by atoms with E-state index < -0.39 is 12.0 Å². The second-order valence-electron chi connectivity index (χ2n) is 5.55. The summed E-state index contributed by atoms with van der Waals surface area (Å²) in [6.07, 6.45) is 1.14. The molecule has 6 nitrogen and oxygen atoms in total. The van der Waals surface area contributed by atoms with Crippen molar-refractivity contribution in [3.8, 4) is 0 Å². The molecule has 0 bridgehead atoms. The number of aromatic amines is 1. The first kappa shape index (κ1) is 14.4. The molecule has 2 aromatic rings. The molecule has 1 aromatic carbocycles. The summed E-state index contributed by atoms with van der Waals surface area (Å²) in [6.45, 7) is 2.79. The average molecular weight is 301 g/mol. The Bertz CT molecular complexity index is 722. The number of carbonyl (C=O) groups excluding carboxylic acids is 1. The number of H-pyrrole nitrogens is 1. The van der Waals surface area contributed by atoms with Gasteiger partial charge in [-0.1, -0.05) is 25.1 Å². The van der Waals surface area contributed by atoms with Crippen molar-refractivity contribution in [1.29, 1.82) is 0 Å². The van der Waals surface area contributed by atoms with Crippen molar-refractivity contribution >= 4 is 22.9 Å². The highest BCUT2D eigenvalue weighted by molar-refractivity contribution is 5.88. The van der Waals surface area contributed by atoms with Gasteiger partial charge in [0.1, 0.15) is 6.04 Å². The van der Waals surface area contributed by atoms with E-state index in [1.807, 2.05) is 31.2 Å². The van der Waals surface area contributed by atoms with Gasteiger partial charge in [0, 0.05) is 29.6 Å². The van der Waals surface area contributed by atoms with Crippen LogP contribution in [0.5, 0.6) is 0 Å². The maximum atomic E-state index is 12.2. The van der Waals surface area contributed by atoms with E-state index in [2.05, 4.69) is 10.3 Å². The minimum atomic E-state index is -0.970. The molecular weight excluding hydrogens is 282 g/mol. The number of carboxylic acids is 1. The predicted molar refractivity (Wildman–Crippen MR) is 82.7 cm³/mol. The summed E-state index contributed by atoms with van der Waals surface area (Å²) >= 11 is 0. The molecule has 3 rings (SSSR count). The number of nitrogens with one attached hydrogen (secondary N) is 2. The molecule has 3 N–H and O–H groups in total. The number of hydrogen-bond donors (Lipinski definition) is 3. The lowest BCUT2D eigenvalue weighted by atomic mass is 9.97. The van der Waals surface area contributed by atoms with E-state index in [9.17, 15) is 14.7 Å². The van der Waals surface area contributed by atoms with Gasteiger partial charge < -0.3 is 20.3 Å². The van der Waals surface area contributed by atoms with Crippen molar-refractivity contribution in [2.45, 2.75) is 32.4 Å². The number of para-hydroxylation sites is 1. The normalized spacial score (nSPS) is 17.3. The van der Waals surface area contributed by atoms with Gasteiger partial charge in [0.15, 0.2) is 0 Å². The van der Waals surface area contributed by atoms with Gasteiger partial charge in [0.05, 0.1) is 6.54 Å². The molecule has 0 spiro atoms. The minimum absolute atomic E-state index is 0.288. The Morgan fingerprint density at radius 1 is 1.41 bits per heavy atom. The van der Waals surface area contributed by atoms with Gasteiger partial charge in [0.2, 0.25) is 0 Å². The Labute approximate surface area is 128 Å². The third kappa shape index (κ3) is 2.41. The summed E-state index contributed by atoms with van der Waals surface area (Å²) < 4.78 is 0. The molecule has 22 heavy (non-hydrogen) atoms. The van der Waals surface area contributed by atoms with E-state index in [4.69, 9.17) is 0 Å². The SMILES string of the molecule is CCCNC(=O)N1Cc2[nH]c3ccccc3c2CC1C(=O)O. The molecule has 2 heterocycles. The molecular formula is C16H19N3O3. The van der Waals surface area contributed by atoms with Crippen molar-refractivity contribution in [3.63, 3.8) is 0 Å². The highest BCUT2D eigenvalue weighted by Gasteiger charge is 2.36. The number of benzene rings is 1. The number of aliphatic carboxylic acids is 1. The molecule has 0 radical (unpaired) electrons. The molecule has 1 atom stereocenters. The molecule has 0 saturated heterocycles. The van der Waals surface area contributed by atoms with Gasteiger partial charge >= 0.3 is 12.0 Å². The number of carbonyl (C=O) groups is 2. The van der Waals surface area contributed by atoms with Crippen LogP contribution in [0, 0.1) is 0 Å². The van der Waals surface area contributed by atoms with Crippen LogP contribution in [0.15, 0.2) is 24.3 Å². The van der Waals surface area contributed by atoms with Crippen molar-refractivity contribution in [2.24, 2.45) is 0 Å². The third-order valence-corrected chi connectivity index (χ3v) is 4.08. The topological polar surface area (TPSA) is 85.4 Å². The second-order valence-corrected chi connectivity index (χ2v) is 5.55. The van der Waals surface area contributed by atoms with E-state index >= 15 is 0 Å². The average Bonchev–Trinajstić information content (AvgIpc) is 2.88. The summed E-state index contributed by atoms with van der Waals surface area (Å²) in [6, 6.07) is 6.67. The summed E-state index contributed by atoms with van der Waals surface area (Å²) in [5.74, 6) is -0.970. The Morgan fingerprint density at radius 3 is 2.91 bits per heavy atom. The minimum Gasteiger partial charge on any atom is -0.480 e. The smallest absolute Gasteiger partial charge is 0.326 e. The van der Waals surface area contributed by atoms with Gasteiger partial charge in [-0.15, -0.1) is 0 Å². The molecule has 2 amide bonds. The van der Waals surface area contributed by atoms with E-state index in [0.29, 0.717) is 13.0 Å². The number of hydrogen-bond acceptors (Lipinski definition) is 2. The molecule has 1 unspecified atom stereocenters. The fraction of sp³-hybridized carbons (Fsp3) is 0.375. The number of nitrogens with zero attached hydrogens (tertiary/aromatic N) is 1. The van der Waals surface area contributed by atoms with Gasteiger partial charge in [-0.2, -0.15) is 0 Å². The van der Waals surface area contributed by atoms with Gasteiger partial charge in [-0.05, 0) is 18.1 Å². The van der Waals surface area contributed by atoms with Crippen LogP contribution in [-0.2, 0) is 17.8 Å². The number of carboxylic acid groups (broad SMARTS) is 1. The Kier molecular flexibility index (Phi) is 3.75. The summed E-state index contributed by atoms with van der Waals surface area (Å²) in [5, 5.41) is 13.3. The van der Waals surface area contributed by atoms with Crippen LogP contribution >= 0.6 is 0 Å². The van der Waals surface area contributed by atoms with Crippen molar-refractivity contribution in [1.82, 2.24) is 15.2 Å². The zero-order chi connectivity index (χ0) is 15.7. The van der Waals surface area contributed by atoms with Crippen LogP contribution in [0.3, 0.4) is 0 Å². The lowest BCUT2D eigenvalue weighted by Gasteiger charge is -2.33. The summed E-state index contributed by atoms with van der Waals surface area (Å²) in [7, 11) is 0. The van der Waals surface area contributed by atoms with Crippen molar-refractivity contribution in [2.75, 3.05) is 6.54 Å². The van der Waals surface area contributed by atoms with Crippen LogP contribution in [0.1, 0.15) is 24.6 Å². The lowest BCUT2D eigenvalue weighted by Crippen LogP contribution is -2.52. The standard InChI is InChI=1S/C16H19N3O3/c1-2-7-17-16(22)19-9-13-11(8-14(19)15(20)21)10-5-3-4-6-12(10)18-13/h3-6,14,18H,2,7-9H2,1H3,(H,17,22)(H,20,21). The van der Waals surface area contributed by atoms with Crippen LogP contribution in [0.4, 0.5) is 4.79 Å². The quantitative estimate of drug-likeness (QED) is 0.811. The maximum Gasteiger partial charge on any atom is 0.326 e. The van der Waals surface area contributed by atoms with Gasteiger partial charge in [0.25, 0.3) is 0 Å². The highest BCUT2D eigenvalue weighted by Crippen LogP contribution is 2.30. The monoisotopic (exact) mass is 301 g/mol. The Morgan fingerprint density at radius 2 is 2.18 bits per heavy atom. The van der Waals surface area contributed by atoms with Crippen molar-refractivity contribution in [3.05, 3.63) is 35.5 Å². The number of rotatable bonds is 3. The van der Waals surface area contributed by atoms with Crippen LogP contribution in [0.25, 0.3) is 10.9 Å². The van der Waals surface area contributed by atoms with Gasteiger partial charge in [-0.3, -0.25) is 0 Å². The third-order valence-electron chi connectivity index (χ3n) is 4.08. The summed E-state index contributed by atoms with van der Waals surface area (Å²) in [4.78, 5) is 28.5. The molecule has 0 fully saturated rings. The number of aromatic nitrogens is 1. The molecule has 6 heteroatoms. The predicted octanol–water partition coefficient (Wildman–Crippen LogP) is 2.10. The van der Waals surface area contributed by atoms with Crippen LogP contribution in [-0.4, -0.2) is 39.6 Å². The fourth-order valence-electron chi connectivity index (χ4n) is 2.98. The molecule has 1 aromatic heterocycles. The first-order valence-corrected chi connectivity index (χ1v) is 7.47. The second kappa shape index (κ2) is 5.71. The van der Waals surface area contributed by atoms with E-state index in [1.54, 1.807) is 0 Å². The zero-order valence-electron chi connectivity index (χ0n) is 12.4. The summed E-state index contributed by atoms with van der Waals surface area (Å²) in [5.41, 5.74) is 2.90. The first-order valence-electron chi connectivity index (χ1n) is 7.47. The fourth-order valence-corrected chi connectivity index (χ4v) is 2.98. The van der Waals surface area contributed by atoms with E-state index in [1.165, 1.54) is 4.90 Å². The van der Waals surface area contributed by atoms with Crippen LogP contribution < -0.4 is 5.32 Å². The molecule has 116 valence electrons. The largest absolute Gasteiger partial charge is 0.480 e. The maximum absolute atomic E-state index is 12.2. The molecule has 1 aliphatic heterocycles. The number of amides is 2. The van der Waals surface area contributed by atoms with Gasteiger partial charge in [-0.25, -0.2) is 9.59 Å². The number of urea groups is 1. The lowest BCUT2D eigenvalue weighted by molar-refractivity contribution is -0.142. The number of fused-ring (bicyclic) bond motifs is 3.